The molecule has 1 aromatic heterocycles. The van der Waals surface area contributed by atoms with E-state index in [4.69, 9.17) is 10.5 Å². The molecule has 5 rings (SSSR count). The fraction of sp³-hybridized carbons (Fsp3) is 0.318. The SMILES string of the molecule is CC(NCC(=O)N1CCC2(C1)OC(=O)Nc1ccccc12)c1ccc2c(N)n[nH]c2c1. The quantitative estimate of drug-likeness (QED) is 0.514. The van der Waals surface area contributed by atoms with Gasteiger partial charge >= 0.3 is 6.09 Å². The van der Waals surface area contributed by atoms with Crippen LogP contribution in [0.5, 0.6) is 0 Å². The molecule has 2 aromatic carbocycles. The van der Waals surface area contributed by atoms with Gasteiger partial charge in [-0.3, -0.25) is 15.2 Å². The molecule has 2 aliphatic rings. The molecular formula is C22H24N6O3. The zero-order valence-corrected chi connectivity index (χ0v) is 17.1. The number of nitrogens with two attached hydrogens (primary N) is 1. The summed E-state index contributed by atoms with van der Waals surface area (Å²) in [7, 11) is 0. The van der Waals surface area contributed by atoms with Crippen LogP contribution in [0.3, 0.4) is 0 Å². The molecule has 9 nitrogen and oxygen atoms in total. The van der Waals surface area contributed by atoms with E-state index in [1.54, 1.807) is 4.90 Å². The van der Waals surface area contributed by atoms with Gasteiger partial charge in [-0.05, 0) is 30.7 Å². The van der Waals surface area contributed by atoms with E-state index in [9.17, 15) is 9.59 Å². The van der Waals surface area contributed by atoms with E-state index < -0.39 is 11.7 Å². The number of carbonyl (C=O) groups is 2. The topological polar surface area (TPSA) is 125 Å². The van der Waals surface area contributed by atoms with Crippen LogP contribution in [-0.4, -0.2) is 46.7 Å². The molecule has 2 unspecified atom stereocenters. The van der Waals surface area contributed by atoms with Crippen LogP contribution in [0.2, 0.25) is 0 Å². The summed E-state index contributed by atoms with van der Waals surface area (Å²) < 4.78 is 5.70. The first kappa shape index (κ1) is 19.4. The van der Waals surface area contributed by atoms with Crippen LogP contribution in [0.25, 0.3) is 10.9 Å². The molecule has 3 heterocycles. The molecule has 1 spiro atoms. The molecule has 31 heavy (non-hydrogen) atoms. The van der Waals surface area contributed by atoms with Gasteiger partial charge in [-0.2, -0.15) is 5.10 Å². The Morgan fingerprint density at radius 1 is 1.35 bits per heavy atom. The molecule has 1 saturated heterocycles. The molecule has 0 bridgehead atoms. The van der Waals surface area contributed by atoms with Gasteiger partial charge in [0.25, 0.3) is 0 Å². The monoisotopic (exact) mass is 420 g/mol. The van der Waals surface area contributed by atoms with Crippen molar-refractivity contribution in [2.75, 3.05) is 30.7 Å². The Kier molecular flexibility index (Phi) is 4.55. The van der Waals surface area contributed by atoms with Crippen LogP contribution >= 0.6 is 0 Å². The van der Waals surface area contributed by atoms with E-state index in [1.165, 1.54) is 0 Å². The fourth-order valence-corrected chi connectivity index (χ4v) is 4.45. The van der Waals surface area contributed by atoms with Crippen molar-refractivity contribution >= 4 is 34.4 Å². The zero-order valence-electron chi connectivity index (χ0n) is 17.1. The minimum atomic E-state index is -0.786. The van der Waals surface area contributed by atoms with Crippen LogP contribution in [0, 0.1) is 0 Å². The summed E-state index contributed by atoms with van der Waals surface area (Å²) >= 11 is 0. The molecular weight excluding hydrogens is 396 g/mol. The van der Waals surface area contributed by atoms with Crippen LogP contribution in [-0.2, 0) is 15.1 Å². The van der Waals surface area contributed by atoms with E-state index in [1.807, 2.05) is 49.4 Å². The van der Waals surface area contributed by atoms with Crippen molar-refractivity contribution in [1.82, 2.24) is 20.4 Å². The average Bonchev–Trinajstić information content (AvgIpc) is 3.36. The molecule has 160 valence electrons. The van der Waals surface area contributed by atoms with Gasteiger partial charge in [0.05, 0.1) is 24.3 Å². The maximum atomic E-state index is 12.9. The molecule has 5 N–H and O–H groups in total. The first-order chi connectivity index (χ1) is 14.9. The van der Waals surface area contributed by atoms with Gasteiger partial charge in [-0.1, -0.05) is 24.3 Å². The minimum absolute atomic E-state index is 0.0253. The number of benzene rings is 2. The van der Waals surface area contributed by atoms with E-state index in [0.717, 1.165) is 27.7 Å². The number of carbonyl (C=O) groups excluding carboxylic acids is 2. The van der Waals surface area contributed by atoms with Crippen LogP contribution < -0.4 is 16.4 Å². The average molecular weight is 420 g/mol. The van der Waals surface area contributed by atoms with Crippen LogP contribution in [0.4, 0.5) is 16.3 Å². The third-order valence-corrected chi connectivity index (χ3v) is 6.20. The number of nitrogens with zero attached hydrogens (tertiary/aromatic N) is 2. The zero-order chi connectivity index (χ0) is 21.6. The standard InChI is InChI=1S/C22H24N6O3/c1-13(14-6-7-15-18(10-14)26-27-20(15)23)24-11-19(29)28-9-8-22(12-28)16-4-2-3-5-17(16)25-21(30)31-22/h2-7,10,13,24H,8-9,11-12H2,1H3,(H,25,30)(H3,23,26,27). The number of H-pyrrole nitrogens is 1. The van der Waals surface area contributed by atoms with Gasteiger partial charge in [0.2, 0.25) is 5.91 Å². The van der Waals surface area contributed by atoms with E-state index in [-0.39, 0.29) is 18.5 Å². The maximum absolute atomic E-state index is 12.9. The van der Waals surface area contributed by atoms with Gasteiger partial charge in [0.15, 0.2) is 11.4 Å². The Labute approximate surface area is 178 Å². The lowest BCUT2D eigenvalue weighted by molar-refractivity contribution is -0.130. The van der Waals surface area contributed by atoms with Gasteiger partial charge in [0, 0.05) is 30.0 Å². The second-order valence-electron chi connectivity index (χ2n) is 8.14. The molecule has 0 saturated carbocycles. The minimum Gasteiger partial charge on any atom is -0.436 e. The first-order valence-corrected chi connectivity index (χ1v) is 10.3. The number of para-hydroxylation sites is 1. The van der Waals surface area contributed by atoms with E-state index in [2.05, 4.69) is 20.8 Å². The summed E-state index contributed by atoms with van der Waals surface area (Å²) in [5.41, 5.74) is 8.59. The smallest absolute Gasteiger partial charge is 0.412 e. The number of aromatic amines is 1. The third-order valence-electron chi connectivity index (χ3n) is 6.20. The van der Waals surface area contributed by atoms with Crippen molar-refractivity contribution in [1.29, 1.82) is 0 Å². The Bertz CT molecular complexity index is 1180. The fourth-order valence-electron chi connectivity index (χ4n) is 4.45. The largest absolute Gasteiger partial charge is 0.436 e. The number of likely N-dealkylation sites (tertiary alicyclic amines) is 1. The van der Waals surface area contributed by atoms with Crippen molar-refractivity contribution in [3.63, 3.8) is 0 Å². The number of amides is 2. The number of rotatable bonds is 4. The Balaban J connectivity index is 1.25. The van der Waals surface area contributed by atoms with Crippen LogP contribution in [0.15, 0.2) is 42.5 Å². The number of aromatic nitrogens is 2. The predicted octanol–water partition coefficient (Wildman–Crippen LogP) is 2.49. The molecule has 1 fully saturated rings. The van der Waals surface area contributed by atoms with Gasteiger partial charge in [-0.15, -0.1) is 0 Å². The number of hydrogen-bond donors (Lipinski definition) is 4. The summed E-state index contributed by atoms with van der Waals surface area (Å²) in [4.78, 5) is 26.7. The highest BCUT2D eigenvalue weighted by Crippen LogP contribution is 2.42. The number of nitrogen functional groups attached to an aromatic ring is 1. The number of ether oxygens (including phenoxy) is 1. The van der Waals surface area contributed by atoms with Crippen molar-refractivity contribution in [2.24, 2.45) is 0 Å². The van der Waals surface area contributed by atoms with E-state index in [0.29, 0.717) is 25.3 Å². The summed E-state index contributed by atoms with van der Waals surface area (Å²) in [6.07, 6.45) is 0.103. The molecule has 2 atom stereocenters. The Morgan fingerprint density at radius 2 is 2.19 bits per heavy atom. The normalized spacial score (nSPS) is 21.1. The van der Waals surface area contributed by atoms with Crippen LogP contribution in [0.1, 0.15) is 30.5 Å². The molecule has 2 amide bonds. The second-order valence-corrected chi connectivity index (χ2v) is 8.14. The lowest BCUT2D eigenvalue weighted by Gasteiger charge is -2.35. The predicted molar refractivity (Wildman–Crippen MR) is 116 cm³/mol. The summed E-state index contributed by atoms with van der Waals surface area (Å²) in [5, 5.41) is 13.8. The van der Waals surface area contributed by atoms with Crippen molar-refractivity contribution in [3.8, 4) is 0 Å². The van der Waals surface area contributed by atoms with Gasteiger partial charge in [-0.25, -0.2) is 4.79 Å². The molecule has 2 aliphatic heterocycles. The van der Waals surface area contributed by atoms with Gasteiger partial charge in [0.1, 0.15) is 0 Å². The molecule has 0 aliphatic carbocycles. The molecule has 3 aromatic rings. The third kappa shape index (κ3) is 3.36. The van der Waals surface area contributed by atoms with E-state index >= 15 is 0 Å². The first-order valence-electron chi connectivity index (χ1n) is 10.3. The lowest BCUT2D eigenvalue weighted by Crippen LogP contribution is -2.44. The summed E-state index contributed by atoms with van der Waals surface area (Å²) in [6, 6.07) is 13.4. The highest BCUT2D eigenvalue weighted by Gasteiger charge is 2.48. The van der Waals surface area contributed by atoms with Crippen molar-refractivity contribution < 1.29 is 14.3 Å². The molecule has 9 heteroatoms. The number of anilines is 2. The Hall–Kier alpha value is -3.59. The number of hydrogen-bond acceptors (Lipinski definition) is 6. The number of fused-ring (bicyclic) bond motifs is 3. The number of nitrogens with one attached hydrogen (secondary N) is 3. The van der Waals surface area contributed by atoms with Gasteiger partial charge < -0.3 is 20.7 Å². The molecule has 0 radical (unpaired) electrons. The van der Waals surface area contributed by atoms with Crippen molar-refractivity contribution in [2.45, 2.75) is 25.0 Å². The second kappa shape index (κ2) is 7.28. The Morgan fingerprint density at radius 3 is 3.06 bits per heavy atom. The highest BCUT2D eigenvalue weighted by atomic mass is 16.6. The van der Waals surface area contributed by atoms with Crippen molar-refractivity contribution in [3.05, 3.63) is 53.6 Å². The highest BCUT2D eigenvalue weighted by molar-refractivity contribution is 5.90. The summed E-state index contributed by atoms with van der Waals surface area (Å²) in [6.45, 7) is 3.08. The lowest BCUT2D eigenvalue weighted by atomic mass is 9.90. The maximum Gasteiger partial charge on any atom is 0.412 e. The summed E-state index contributed by atoms with van der Waals surface area (Å²) in [5.74, 6) is 0.447.